The number of hydrogen-bond acceptors (Lipinski definition) is 5. The van der Waals surface area contributed by atoms with Crippen LogP contribution in [0, 0.1) is 0 Å². The van der Waals surface area contributed by atoms with E-state index in [0.29, 0.717) is 13.1 Å². The normalized spacial score (nSPS) is 19.8. The average Bonchev–Trinajstić information content (AvgIpc) is 3.51. The summed E-state index contributed by atoms with van der Waals surface area (Å²) in [5.41, 5.74) is 2.81. The number of methoxy groups -OCH3 is 1. The molecule has 0 bridgehead atoms. The van der Waals surface area contributed by atoms with Crippen LogP contribution in [-0.4, -0.2) is 52.1 Å². The molecule has 7 heteroatoms. The van der Waals surface area contributed by atoms with Gasteiger partial charge in [-0.05, 0) is 61.6 Å². The highest BCUT2D eigenvalue weighted by molar-refractivity contribution is 5.91. The molecular formula is C25H28N4O3. The highest BCUT2D eigenvalue weighted by Crippen LogP contribution is 2.35. The first-order valence-corrected chi connectivity index (χ1v) is 11.3. The first-order valence-electron chi connectivity index (χ1n) is 11.3. The molecule has 0 radical (unpaired) electrons. The summed E-state index contributed by atoms with van der Waals surface area (Å²) in [7, 11) is 1.64. The molecule has 0 saturated carbocycles. The summed E-state index contributed by atoms with van der Waals surface area (Å²) < 4.78 is 13.4. The number of benzene rings is 1. The summed E-state index contributed by atoms with van der Waals surface area (Å²) in [5.74, 6) is 1.84. The second kappa shape index (κ2) is 9.12. The van der Waals surface area contributed by atoms with Crippen LogP contribution in [0.5, 0.6) is 5.75 Å². The molecule has 1 aromatic carbocycles. The van der Waals surface area contributed by atoms with E-state index in [1.807, 2.05) is 53.6 Å². The molecule has 1 atom stereocenters. The number of carbonyl (C=O) groups excluding carboxylic acids is 1. The van der Waals surface area contributed by atoms with Crippen LogP contribution in [-0.2, 0) is 9.53 Å². The second-order valence-electron chi connectivity index (χ2n) is 8.35. The second-order valence-corrected chi connectivity index (χ2v) is 8.35. The summed E-state index contributed by atoms with van der Waals surface area (Å²) in [6.45, 7) is 2.22. The lowest BCUT2D eigenvalue weighted by molar-refractivity contribution is -0.127. The molecule has 2 aliphatic rings. The SMILES string of the molecule is COc1ccc(/C=C/C(=O)N2CCC(n3c(C4CCCO4)nc4cccnc43)CC2)cc1. The number of pyridine rings is 1. The molecular weight excluding hydrogens is 404 g/mol. The molecule has 0 spiro atoms. The Bertz CT molecular complexity index is 1110. The number of nitrogens with zero attached hydrogens (tertiary/aromatic N) is 4. The molecule has 5 rings (SSSR count). The Balaban J connectivity index is 1.28. The van der Waals surface area contributed by atoms with Gasteiger partial charge in [-0.2, -0.15) is 0 Å². The molecule has 2 fully saturated rings. The fourth-order valence-corrected chi connectivity index (χ4v) is 4.65. The number of rotatable bonds is 5. The Morgan fingerprint density at radius 3 is 2.69 bits per heavy atom. The monoisotopic (exact) mass is 432 g/mol. The third-order valence-electron chi connectivity index (χ3n) is 6.37. The van der Waals surface area contributed by atoms with Crippen molar-refractivity contribution in [3.63, 3.8) is 0 Å². The maximum atomic E-state index is 12.7. The Kier molecular flexibility index (Phi) is 5.90. The van der Waals surface area contributed by atoms with Gasteiger partial charge in [0.05, 0.1) is 7.11 Å². The molecule has 2 aromatic heterocycles. The lowest BCUT2D eigenvalue weighted by Crippen LogP contribution is -2.38. The van der Waals surface area contributed by atoms with E-state index in [-0.39, 0.29) is 18.1 Å². The van der Waals surface area contributed by atoms with Gasteiger partial charge in [0, 0.05) is 38.0 Å². The van der Waals surface area contributed by atoms with Crippen molar-refractivity contribution in [3.05, 3.63) is 60.1 Å². The fourth-order valence-electron chi connectivity index (χ4n) is 4.65. The van der Waals surface area contributed by atoms with E-state index in [2.05, 4.69) is 9.55 Å². The first-order chi connectivity index (χ1) is 15.7. The van der Waals surface area contributed by atoms with E-state index < -0.39 is 0 Å². The third-order valence-corrected chi connectivity index (χ3v) is 6.37. The largest absolute Gasteiger partial charge is 0.497 e. The van der Waals surface area contributed by atoms with Gasteiger partial charge in [-0.25, -0.2) is 9.97 Å². The van der Waals surface area contributed by atoms with Crippen LogP contribution < -0.4 is 4.74 Å². The molecule has 7 nitrogen and oxygen atoms in total. The van der Waals surface area contributed by atoms with Crippen molar-refractivity contribution in [2.45, 2.75) is 37.8 Å². The van der Waals surface area contributed by atoms with E-state index >= 15 is 0 Å². The Labute approximate surface area is 187 Å². The zero-order chi connectivity index (χ0) is 21.9. The number of likely N-dealkylation sites (tertiary alicyclic amines) is 1. The highest BCUT2D eigenvalue weighted by Gasteiger charge is 2.31. The van der Waals surface area contributed by atoms with Gasteiger partial charge in [0.2, 0.25) is 5.91 Å². The van der Waals surface area contributed by atoms with Crippen molar-refractivity contribution >= 4 is 23.1 Å². The van der Waals surface area contributed by atoms with Crippen LogP contribution in [0.15, 0.2) is 48.7 Å². The van der Waals surface area contributed by atoms with E-state index in [1.165, 1.54) is 0 Å². The molecule has 1 amide bonds. The molecule has 32 heavy (non-hydrogen) atoms. The minimum Gasteiger partial charge on any atom is -0.497 e. The van der Waals surface area contributed by atoms with Crippen LogP contribution >= 0.6 is 0 Å². The van der Waals surface area contributed by atoms with Crippen LogP contribution in [0.4, 0.5) is 0 Å². The molecule has 2 aliphatic heterocycles. The zero-order valence-corrected chi connectivity index (χ0v) is 18.3. The smallest absolute Gasteiger partial charge is 0.246 e. The highest BCUT2D eigenvalue weighted by atomic mass is 16.5. The number of piperidine rings is 1. The van der Waals surface area contributed by atoms with Gasteiger partial charge >= 0.3 is 0 Å². The number of carbonyl (C=O) groups is 1. The summed E-state index contributed by atoms with van der Waals surface area (Å²) in [6, 6.07) is 11.9. The van der Waals surface area contributed by atoms with Crippen molar-refractivity contribution < 1.29 is 14.3 Å². The van der Waals surface area contributed by atoms with Crippen LogP contribution in [0.3, 0.4) is 0 Å². The predicted molar refractivity (Wildman–Crippen MR) is 122 cm³/mol. The molecule has 3 aromatic rings. The van der Waals surface area contributed by atoms with Crippen molar-refractivity contribution in [3.8, 4) is 5.75 Å². The van der Waals surface area contributed by atoms with Gasteiger partial charge in [0.25, 0.3) is 0 Å². The number of amides is 1. The summed E-state index contributed by atoms with van der Waals surface area (Å²) in [6.07, 6.45) is 9.20. The zero-order valence-electron chi connectivity index (χ0n) is 18.3. The van der Waals surface area contributed by atoms with Gasteiger partial charge in [0.15, 0.2) is 5.65 Å². The Hall–Kier alpha value is -3.19. The topological polar surface area (TPSA) is 69.5 Å². The molecule has 2 saturated heterocycles. The molecule has 4 heterocycles. The van der Waals surface area contributed by atoms with Gasteiger partial charge in [0.1, 0.15) is 23.2 Å². The first kappa shape index (κ1) is 20.7. The van der Waals surface area contributed by atoms with Crippen molar-refractivity contribution in [2.75, 3.05) is 26.8 Å². The predicted octanol–water partition coefficient (Wildman–Crippen LogP) is 4.17. The minimum absolute atomic E-state index is 0.0382. The minimum atomic E-state index is 0.0382. The number of fused-ring (bicyclic) bond motifs is 1. The lowest BCUT2D eigenvalue weighted by Gasteiger charge is -2.33. The molecule has 0 aliphatic carbocycles. The Morgan fingerprint density at radius 1 is 1.16 bits per heavy atom. The molecule has 0 N–H and O–H groups in total. The summed E-state index contributed by atoms with van der Waals surface area (Å²) in [5, 5.41) is 0. The van der Waals surface area contributed by atoms with Crippen molar-refractivity contribution in [1.29, 1.82) is 0 Å². The summed E-state index contributed by atoms with van der Waals surface area (Å²) in [4.78, 5) is 24.2. The van der Waals surface area contributed by atoms with Crippen LogP contribution in [0.1, 0.15) is 49.2 Å². The van der Waals surface area contributed by atoms with E-state index in [9.17, 15) is 4.79 Å². The number of imidazole rings is 1. The van der Waals surface area contributed by atoms with Crippen LogP contribution in [0.2, 0.25) is 0 Å². The standard InChI is InChI=1S/C25H28N4O3/c1-31-20-9-6-18(7-10-20)8-11-23(30)28-15-12-19(13-16-28)29-24-21(4-2-14-26-24)27-25(29)22-5-3-17-32-22/h2,4,6-11,14,19,22H,3,5,12-13,15-17H2,1H3/b11-8+. The number of ether oxygens (including phenoxy) is 2. The number of hydrogen-bond donors (Lipinski definition) is 0. The van der Waals surface area contributed by atoms with Gasteiger partial charge in [-0.15, -0.1) is 0 Å². The van der Waals surface area contributed by atoms with Crippen molar-refractivity contribution in [1.82, 2.24) is 19.4 Å². The lowest BCUT2D eigenvalue weighted by atomic mass is 10.0. The average molecular weight is 433 g/mol. The third kappa shape index (κ3) is 4.12. The molecule has 1 unspecified atom stereocenters. The van der Waals surface area contributed by atoms with Crippen molar-refractivity contribution in [2.24, 2.45) is 0 Å². The van der Waals surface area contributed by atoms with Gasteiger partial charge < -0.3 is 18.9 Å². The van der Waals surface area contributed by atoms with Crippen LogP contribution in [0.25, 0.3) is 17.2 Å². The Morgan fingerprint density at radius 2 is 1.97 bits per heavy atom. The number of aromatic nitrogens is 3. The van der Waals surface area contributed by atoms with Gasteiger partial charge in [-0.1, -0.05) is 12.1 Å². The molecule has 166 valence electrons. The van der Waals surface area contributed by atoms with E-state index in [1.54, 1.807) is 13.2 Å². The van der Waals surface area contributed by atoms with E-state index in [0.717, 1.165) is 60.6 Å². The van der Waals surface area contributed by atoms with Gasteiger partial charge in [-0.3, -0.25) is 4.79 Å². The summed E-state index contributed by atoms with van der Waals surface area (Å²) >= 11 is 0. The quantitative estimate of drug-likeness (QED) is 0.566. The fraction of sp³-hybridized carbons (Fsp3) is 0.400. The maximum Gasteiger partial charge on any atom is 0.246 e. The maximum absolute atomic E-state index is 12.7. The van der Waals surface area contributed by atoms with E-state index in [4.69, 9.17) is 14.5 Å².